The van der Waals surface area contributed by atoms with Gasteiger partial charge in [0.25, 0.3) is 11.8 Å². The van der Waals surface area contributed by atoms with Crippen LogP contribution in [0.15, 0.2) is 103 Å². The summed E-state index contributed by atoms with van der Waals surface area (Å²) in [5.41, 5.74) is 11.5. The number of H-pyrrole nitrogens is 1. The van der Waals surface area contributed by atoms with Crippen molar-refractivity contribution in [2.75, 3.05) is 30.0 Å². The molecule has 43 heavy (non-hydrogen) atoms. The zero-order chi connectivity index (χ0) is 30.3. The largest absolute Gasteiger partial charge is 0.397 e. The first kappa shape index (κ1) is 28.9. The van der Waals surface area contributed by atoms with Crippen LogP contribution in [0.3, 0.4) is 0 Å². The van der Waals surface area contributed by atoms with Crippen LogP contribution in [0.4, 0.5) is 17.1 Å². The number of anilines is 3. The molecule has 218 valence electrons. The normalized spacial score (nSPS) is 11.5. The first-order chi connectivity index (χ1) is 20.8. The highest BCUT2D eigenvalue weighted by Gasteiger charge is 2.23. The fourth-order valence-electron chi connectivity index (χ4n) is 4.77. The predicted molar refractivity (Wildman–Crippen MR) is 171 cm³/mol. The van der Waals surface area contributed by atoms with Crippen molar-refractivity contribution in [1.29, 1.82) is 0 Å². The van der Waals surface area contributed by atoms with Gasteiger partial charge < -0.3 is 31.6 Å². The van der Waals surface area contributed by atoms with Crippen LogP contribution in [0.5, 0.6) is 0 Å². The number of aromatic amines is 1. The minimum atomic E-state index is -0.818. The summed E-state index contributed by atoms with van der Waals surface area (Å²) in [5.74, 6) is -0.932. The molecule has 1 heterocycles. The molecule has 5 rings (SSSR count). The minimum absolute atomic E-state index is 0.226. The van der Waals surface area contributed by atoms with Crippen molar-refractivity contribution in [2.24, 2.45) is 0 Å². The molecule has 0 spiro atoms. The molecule has 0 saturated heterocycles. The molecule has 9 nitrogen and oxygen atoms in total. The average Bonchev–Trinajstić information content (AvgIpc) is 3.43. The van der Waals surface area contributed by atoms with Crippen LogP contribution in [0.1, 0.15) is 31.8 Å². The number of nitrogens with two attached hydrogens (primary N) is 1. The smallest absolute Gasteiger partial charge is 0.255 e. The van der Waals surface area contributed by atoms with Gasteiger partial charge in [-0.2, -0.15) is 0 Å². The molecule has 6 N–H and O–H groups in total. The van der Waals surface area contributed by atoms with E-state index in [2.05, 4.69) is 20.9 Å². The van der Waals surface area contributed by atoms with Crippen LogP contribution in [0.25, 0.3) is 10.9 Å². The Morgan fingerprint density at radius 2 is 1.47 bits per heavy atom. The van der Waals surface area contributed by atoms with Gasteiger partial charge in [0.2, 0.25) is 5.91 Å². The highest BCUT2D eigenvalue weighted by atomic mass is 16.2. The molecule has 0 radical (unpaired) electrons. The molecule has 0 saturated carbocycles. The third-order valence-electron chi connectivity index (χ3n) is 7.26. The SMILES string of the molecule is CN(C)c1ccc(C(=O)N[C@@H](Cc2c[nH]c3ccccc23)C(=O)NCc2ccc(C(=O)Nc3ccccc3N)cc2)cc1. The fourth-order valence-corrected chi connectivity index (χ4v) is 4.77. The number of fused-ring (bicyclic) bond motifs is 1. The van der Waals surface area contributed by atoms with Crippen LogP contribution in [-0.2, 0) is 17.8 Å². The number of nitrogens with zero attached hydrogens (tertiary/aromatic N) is 1. The first-order valence-electron chi connectivity index (χ1n) is 13.9. The average molecular weight is 575 g/mol. The molecule has 1 aromatic heterocycles. The van der Waals surface area contributed by atoms with Gasteiger partial charge in [-0.15, -0.1) is 0 Å². The Hall–Kier alpha value is -5.57. The number of rotatable bonds is 10. The number of carbonyl (C=O) groups excluding carboxylic acids is 3. The molecule has 0 aliphatic heterocycles. The van der Waals surface area contributed by atoms with Crippen molar-refractivity contribution in [3.05, 3.63) is 126 Å². The maximum atomic E-state index is 13.5. The fraction of sp³-hybridized carbons (Fsp3) is 0.147. The Morgan fingerprint density at radius 3 is 2.19 bits per heavy atom. The summed E-state index contributed by atoms with van der Waals surface area (Å²) in [4.78, 5) is 44.5. The van der Waals surface area contributed by atoms with E-state index in [1.165, 1.54) is 0 Å². The number of carbonyl (C=O) groups is 3. The van der Waals surface area contributed by atoms with Gasteiger partial charge in [-0.05, 0) is 65.7 Å². The summed E-state index contributed by atoms with van der Waals surface area (Å²) in [7, 11) is 3.86. The number of hydrogen-bond donors (Lipinski definition) is 5. The molecule has 1 atom stereocenters. The zero-order valence-electron chi connectivity index (χ0n) is 24.1. The van der Waals surface area contributed by atoms with Gasteiger partial charge in [0.15, 0.2) is 0 Å². The molecule has 0 unspecified atom stereocenters. The van der Waals surface area contributed by atoms with E-state index in [4.69, 9.17) is 5.73 Å². The Bertz CT molecular complexity index is 1740. The Morgan fingerprint density at radius 1 is 0.814 bits per heavy atom. The van der Waals surface area contributed by atoms with E-state index in [0.29, 0.717) is 28.9 Å². The lowest BCUT2D eigenvalue weighted by atomic mass is 10.0. The third-order valence-corrected chi connectivity index (χ3v) is 7.26. The van der Waals surface area contributed by atoms with Crippen LogP contribution in [-0.4, -0.2) is 42.8 Å². The van der Waals surface area contributed by atoms with Gasteiger partial charge in [0, 0.05) is 61.0 Å². The molecule has 0 aliphatic carbocycles. The molecule has 5 aromatic rings. The van der Waals surface area contributed by atoms with Crippen molar-refractivity contribution in [3.8, 4) is 0 Å². The number of hydrogen-bond acceptors (Lipinski definition) is 5. The molecule has 9 heteroatoms. The van der Waals surface area contributed by atoms with E-state index in [9.17, 15) is 14.4 Å². The second kappa shape index (κ2) is 12.9. The van der Waals surface area contributed by atoms with Crippen LogP contribution >= 0.6 is 0 Å². The molecule has 0 aliphatic rings. The van der Waals surface area contributed by atoms with E-state index in [-0.39, 0.29) is 24.3 Å². The maximum absolute atomic E-state index is 13.5. The van der Waals surface area contributed by atoms with Crippen molar-refractivity contribution in [1.82, 2.24) is 15.6 Å². The molecule has 0 bridgehead atoms. The predicted octanol–water partition coefficient (Wildman–Crippen LogP) is 4.73. The van der Waals surface area contributed by atoms with Gasteiger partial charge in [0.05, 0.1) is 11.4 Å². The van der Waals surface area contributed by atoms with Crippen molar-refractivity contribution in [3.63, 3.8) is 0 Å². The first-order valence-corrected chi connectivity index (χ1v) is 13.9. The van der Waals surface area contributed by atoms with Gasteiger partial charge in [-0.3, -0.25) is 14.4 Å². The van der Waals surface area contributed by atoms with Gasteiger partial charge in [0.1, 0.15) is 6.04 Å². The van der Waals surface area contributed by atoms with E-state index in [1.807, 2.05) is 61.6 Å². The number of nitrogen functional groups attached to an aromatic ring is 1. The molecular formula is C34H34N6O3. The van der Waals surface area contributed by atoms with Crippen molar-refractivity contribution < 1.29 is 14.4 Å². The minimum Gasteiger partial charge on any atom is -0.397 e. The summed E-state index contributed by atoms with van der Waals surface area (Å²) in [6, 6.07) is 28.2. The van der Waals surface area contributed by atoms with Gasteiger partial charge in [-0.25, -0.2) is 0 Å². The number of aromatic nitrogens is 1. The van der Waals surface area contributed by atoms with E-state index < -0.39 is 6.04 Å². The number of para-hydroxylation sites is 3. The molecular weight excluding hydrogens is 540 g/mol. The van der Waals surface area contributed by atoms with Crippen LogP contribution < -0.4 is 26.6 Å². The summed E-state index contributed by atoms with van der Waals surface area (Å²) in [6.45, 7) is 0.226. The van der Waals surface area contributed by atoms with Crippen LogP contribution in [0, 0.1) is 0 Å². The Balaban J connectivity index is 1.27. The highest BCUT2D eigenvalue weighted by molar-refractivity contribution is 6.05. The second-order valence-corrected chi connectivity index (χ2v) is 10.5. The number of nitrogens with one attached hydrogen (secondary N) is 4. The topological polar surface area (TPSA) is 132 Å². The lowest BCUT2D eigenvalue weighted by Gasteiger charge is -2.19. The third kappa shape index (κ3) is 7.02. The Kier molecular flexibility index (Phi) is 8.71. The summed E-state index contributed by atoms with van der Waals surface area (Å²) in [6.07, 6.45) is 2.18. The van der Waals surface area contributed by atoms with Gasteiger partial charge in [-0.1, -0.05) is 42.5 Å². The second-order valence-electron chi connectivity index (χ2n) is 10.5. The van der Waals surface area contributed by atoms with E-state index in [0.717, 1.165) is 27.7 Å². The number of amides is 3. The molecule has 0 fully saturated rings. The summed E-state index contributed by atoms with van der Waals surface area (Å²) in [5, 5.41) is 9.68. The standard InChI is InChI=1S/C34H34N6O3/c1-40(2)26-17-15-24(16-18-26)33(42)39-31(19-25-21-36-29-9-5-3-7-27(25)29)34(43)37-20-22-11-13-23(14-12-22)32(41)38-30-10-6-4-8-28(30)35/h3-18,21,31,36H,19-20,35H2,1-2H3,(H,37,43)(H,38,41)(H,39,42)/t31-/m0/s1. The van der Waals surface area contributed by atoms with E-state index in [1.54, 1.807) is 60.7 Å². The quantitative estimate of drug-likeness (QED) is 0.154. The number of benzene rings is 4. The lowest BCUT2D eigenvalue weighted by molar-refractivity contribution is -0.123. The molecule has 4 aromatic carbocycles. The van der Waals surface area contributed by atoms with Gasteiger partial charge >= 0.3 is 0 Å². The van der Waals surface area contributed by atoms with E-state index >= 15 is 0 Å². The lowest BCUT2D eigenvalue weighted by Crippen LogP contribution is -2.47. The zero-order valence-corrected chi connectivity index (χ0v) is 24.1. The summed E-state index contributed by atoms with van der Waals surface area (Å²) < 4.78 is 0. The van der Waals surface area contributed by atoms with Crippen molar-refractivity contribution >= 4 is 45.7 Å². The maximum Gasteiger partial charge on any atom is 0.255 e. The van der Waals surface area contributed by atoms with Crippen molar-refractivity contribution in [2.45, 2.75) is 19.0 Å². The highest BCUT2D eigenvalue weighted by Crippen LogP contribution is 2.20. The molecule has 3 amide bonds. The summed E-state index contributed by atoms with van der Waals surface area (Å²) >= 11 is 0. The van der Waals surface area contributed by atoms with Crippen LogP contribution in [0.2, 0.25) is 0 Å². The Labute approximate surface area is 250 Å². The monoisotopic (exact) mass is 574 g/mol.